The van der Waals surface area contributed by atoms with Gasteiger partial charge in [-0.2, -0.15) is 0 Å². The Labute approximate surface area is 164 Å². The summed E-state index contributed by atoms with van der Waals surface area (Å²) in [4.78, 5) is 14.6. The topological polar surface area (TPSA) is 41.6 Å². The molecule has 3 fully saturated rings. The number of nitrogens with zero attached hydrogens (tertiary/aromatic N) is 1. The second kappa shape index (κ2) is 10.5. The molecule has 3 rings (SSSR count). The van der Waals surface area contributed by atoms with E-state index in [1.165, 1.54) is 57.8 Å². The van der Waals surface area contributed by atoms with Gasteiger partial charge in [-0.15, -0.1) is 0 Å². The first-order valence-electron chi connectivity index (χ1n) is 11.0. The lowest BCUT2D eigenvalue weighted by Gasteiger charge is -2.29. The van der Waals surface area contributed by atoms with E-state index in [1.807, 2.05) is 4.90 Å². The Morgan fingerprint density at radius 3 is 2.38 bits per heavy atom. The molecule has 1 aliphatic heterocycles. The molecule has 2 aliphatic carbocycles. The molecule has 0 bridgehead atoms. The maximum absolute atomic E-state index is 12.7. The summed E-state index contributed by atoms with van der Waals surface area (Å²) in [7, 11) is 0. The predicted octanol–water partition coefficient (Wildman–Crippen LogP) is 5.20. The van der Waals surface area contributed by atoms with E-state index in [0.717, 1.165) is 44.6 Å². The minimum atomic E-state index is -0.0109. The van der Waals surface area contributed by atoms with Gasteiger partial charge in [0, 0.05) is 12.6 Å². The third-order valence-corrected chi connectivity index (χ3v) is 6.83. The molecule has 2 saturated carbocycles. The zero-order valence-corrected chi connectivity index (χ0v) is 17.0. The van der Waals surface area contributed by atoms with E-state index in [1.54, 1.807) is 0 Å². The van der Waals surface area contributed by atoms with Crippen LogP contribution in [0.4, 0.5) is 4.79 Å². The molecular formula is C21H36N2O2S. The van der Waals surface area contributed by atoms with Crippen molar-refractivity contribution in [3.8, 4) is 0 Å². The summed E-state index contributed by atoms with van der Waals surface area (Å²) in [5.74, 6) is 0.894. The van der Waals surface area contributed by atoms with Crippen LogP contribution in [-0.4, -0.2) is 41.2 Å². The van der Waals surface area contributed by atoms with Crippen LogP contribution in [0.2, 0.25) is 0 Å². The Balaban J connectivity index is 1.37. The lowest BCUT2D eigenvalue weighted by Crippen LogP contribution is -2.49. The van der Waals surface area contributed by atoms with Crippen molar-refractivity contribution in [2.45, 2.75) is 102 Å². The van der Waals surface area contributed by atoms with Crippen molar-refractivity contribution in [2.75, 3.05) is 13.2 Å². The molecule has 4 nitrogen and oxygen atoms in total. The Morgan fingerprint density at radius 1 is 0.962 bits per heavy atom. The zero-order valence-electron chi connectivity index (χ0n) is 16.2. The molecule has 5 heteroatoms. The summed E-state index contributed by atoms with van der Waals surface area (Å²) < 4.78 is 5.90. The largest absolute Gasteiger partial charge is 0.485 e. The van der Waals surface area contributed by atoms with Gasteiger partial charge in [-0.05, 0) is 56.7 Å². The minimum absolute atomic E-state index is 0.0109. The minimum Gasteiger partial charge on any atom is -0.485 e. The van der Waals surface area contributed by atoms with E-state index in [4.69, 9.17) is 17.0 Å². The van der Waals surface area contributed by atoms with Crippen molar-refractivity contribution < 1.29 is 9.53 Å². The van der Waals surface area contributed by atoms with Crippen molar-refractivity contribution in [3.63, 3.8) is 0 Å². The molecule has 0 spiro atoms. The number of ether oxygens (including phenoxy) is 1. The summed E-state index contributed by atoms with van der Waals surface area (Å²) in [6.07, 6.45) is 17.3. The maximum atomic E-state index is 12.7. The number of carbonyl (C=O) groups is 1. The number of carbonyl (C=O) groups excluding carboxylic acids is 1. The van der Waals surface area contributed by atoms with Gasteiger partial charge in [0.2, 0.25) is 0 Å². The molecule has 1 N–H and O–H groups in total. The van der Waals surface area contributed by atoms with Gasteiger partial charge >= 0.3 is 6.03 Å². The molecule has 0 aromatic carbocycles. The van der Waals surface area contributed by atoms with E-state index in [0.29, 0.717) is 17.7 Å². The molecule has 0 radical (unpaired) electrons. The van der Waals surface area contributed by atoms with Crippen molar-refractivity contribution in [2.24, 2.45) is 5.92 Å². The maximum Gasteiger partial charge on any atom is 0.318 e. The number of rotatable bonds is 6. The average Bonchev–Trinajstić information content (AvgIpc) is 3.17. The molecule has 3 aliphatic rings. The highest BCUT2D eigenvalue weighted by molar-refractivity contribution is 7.80. The molecular weight excluding hydrogens is 344 g/mol. The van der Waals surface area contributed by atoms with Crippen LogP contribution in [0.1, 0.15) is 89.9 Å². The monoisotopic (exact) mass is 380 g/mol. The molecule has 1 saturated heterocycles. The Bertz CT molecular complexity index is 459. The number of nitrogens with one attached hydrogen (secondary N) is 1. The molecule has 0 aromatic rings. The highest BCUT2D eigenvalue weighted by Crippen LogP contribution is 2.27. The van der Waals surface area contributed by atoms with Gasteiger partial charge in [-0.25, -0.2) is 4.79 Å². The lowest BCUT2D eigenvalue weighted by atomic mass is 9.86. The van der Waals surface area contributed by atoms with Crippen molar-refractivity contribution >= 4 is 23.3 Å². The predicted molar refractivity (Wildman–Crippen MR) is 109 cm³/mol. The normalized spacial score (nSPS) is 25.2. The fourth-order valence-electron chi connectivity index (χ4n) is 4.88. The van der Waals surface area contributed by atoms with Crippen molar-refractivity contribution in [3.05, 3.63) is 0 Å². The first-order valence-corrected chi connectivity index (χ1v) is 11.4. The van der Waals surface area contributed by atoms with E-state index >= 15 is 0 Å². The van der Waals surface area contributed by atoms with Crippen LogP contribution in [0, 0.1) is 5.92 Å². The molecule has 2 amide bonds. The molecule has 0 unspecified atom stereocenters. The van der Waals surface area contributed by atoms with Crippen LogP contribution in [0.5, 0.6) is 0 Å². The highest BCUT2D eigenvalue weighted by atomic mass is 32.1. The van der Waals surface area contributed by atoms with Gasteiger partial charge in [-0.3, -0.25) is 0 Å². The first-order chi connectivity index (χ1) is 12.7. The fraction of sp³-hybridized carbons (Fsp3) is 0.905. The summed E-state index contributed by atoms with van der Waals surface area (Å²) in [5, 5.41) is 3.86. The van der Waals surface area contributed by atoms with E-state index < -0.39 is 0 Å². The lowest BCUT2D eigenvalue weighted by molar-refractivity contribution is 0.186. The van der Waals surface area contributed by atoms with Crippen LogP contribution < -0.4 is 5.32 Å². The third-order valence-electron chi connectivity index (χ3n) is 6.44. The molecule has 0 aromatic heterocycles. The quantitative estimate of drug-likeness (QED) is 0.509. The number of amides is 2. The van der Waals surface area contributed by atoms with Crippen molar-refractivity contribution in [1.82, 2.24) is 10.2 Å². The number of likely N-dealkylation sites (tertiary alicyclic amines) is 1. The van der Waals surface area contributed by atoms with Crippen molar-refractivity contribution in [1.29, 1.82) is 0 Å². The van der Waals surface area contributed by atoms with Gasteiger partial charge in [-0.1, -0.05) is 51.4 Å². The molecule has 1 heterocycles. The average molecular weight is 381 g/mol. The van der Waals surface area contributed by atoms with Gasteiger partial charge in [0.15, 0.2) is 5.05 Å². The fourth-order valence-corrected chi connectivity index (χ4v) is 5.20. The zero-order chi connectivity index (χ0) is 18.2. The van der Waals surface area contributed by atoms with Gasteiger partial charge in [0.25, 0.3) is 0 Å². The summed E-state index contributed by atoms with van der Waals surface area (Å²) >= 11 is 5.54. The summed E-state index contributed by atoms with van der Waals surface area (Å²) in [6.45, 7) is 1.51. The summed E-state index contributed by atoms with van der Waals surface area (Å²) in [6, 6.07) is 0.401. The highest BCUT2D eigenvalue weighted by Gasteiger charge is 2.33. The second-order valence-electron chi connectivity index (χ2n) is 8.45. The van der Waals surface area contributed by atoms with Crippen LogP contribution in [0.25, 0.3) is 0 Å². The first kappa shape index (κ1) is 19.9. The van der Waals surface area contributed by atoms with Crippen LogP contribution >= 0.6 is 12.2 Å². The molecule has 1 atom stereocenters. The molecule has 148 valence electrons. The number of hydrogen-bond donors (Lipinski definition) is 1. The van der Waals surface area contributed by atoms with Gasteiger partial charge in [0.1, 0.15) is 6.04 Å². The number of thiocarbonyl (C=S) groups is 1. The van der Waals surface area contributed by atoms with E-state index in [9.17, 15) is 4.79 Å². The van der Waals surface area contributed by atoms with Crippen LogP contribution in [-0.2, 0) is 4.74 Å². The van der Waals surface area contributed by atoms with Gasteiger partial charge < -0.3 is 15.0 Å². The Morgan fingerprint density at radius 2 is 1.65 bits per heavy atom. The number of hydrogen-bond acceptors (Lipinski definition) is 3. The summed E-state index contributed by atoms with van der Waals surface area (Å²) in [5.41, 5.74) is 0. The Kier molecular flexibility index (Phi) is 8.03. The van der Waals surface area contributed by atoms with E-state index in [-0.39, 0.29) is 12.1 Å². The number of urea groups is 1. The van der Waals surface area contributed by atoms with E-state index in [2.05, 4.69) is 5.32 Å². The second-order valence-corrected chi connectivity index (χ2v) is 8.85. The molecule has 26 heavy (non-hydrogen) atoms. The van der Waals surface area contributed by atoms with Crippen LogP contribution in [0.3, 0.4) is 0 Å². The Hall–Kier alpha value is -0.840. The smallest absolute Gasteiger partial charge is 0.318 e. The van der Waals surface area contributed by atoms with Crippen LogP contribution in [0.15, 0.2) is 0 Å². The SMILES string of the molecule is O=C(NC1CCCCC1)N1CCC[C@H]1C(=S)OCCCC1CCCCC1. The van der Waals surface area contributed by atoms with Gasteiger partial charge in [0.05, 0.1) is 6.61 Å². The standard InChI is InChI=1S/C21H36N2O2S/c24-21(22-18-12-5-2-6-13-18)23-15-7-14-19(23)20(26)25-16-8-11-17-9-3-1-4-10-17/h17-19H,1-16H2,(H,22,24)/t19-/m0/s1. The third kappa shape index (κ3) is 5.83.